The molecule has 0 spiro atoms. The van der Waals surface area contributed by atoms with E-state index in [2.05, 4.69) is 18.3 Å². The van der Waals surface area contributed by atoms with Crippen LogP contribution in [-0.2, 0) is 6.42 Å². The Kier molecular flexibility index (Phi) is 4.18. The normalized spacial score (nSPS) is 18.6. The summed E-state index contributed by atoms with van der Waals surface area (Å²) in [5, 5.41) is 3.11. The smallest absolute Gasteiger partial charge is 0.251 e. The third-order valence-electron chi connectivity index (χ3n) is 3.47. The lowest BCUT2D eigenvalue weighted by Gasteiger charge is -2.25. The number of nitrogens with one attached hydrogen (secondary N) is 1. The zero-order valence-corrected chi connectivity index (χ0v) is 10.5. The summed E-state index contributed by atoms with van der Waals surface area (Å²) in [6.45, 7) is 2.22. The lowest BCUT2D eigenvalue weighted by molar-refractivity contribution is 0.0922. The first kappa shape index (κ1) is 12.2. The van der Waals surface area contributed by atoms with Gasteiger partial charge in [-0.1, -0.05) is 50.8 Å². The van der Waals surface area contributed by atoms with E-state index in [-0.39, 0.29) is 5.91 Å². The molecule has 92 valence electrons. The number of carbonyl (C=O) groups excluding carboxylic acids is 1. The van der Waals surface area contributed by atoms with E-state index >= 15 is 0 Å². The molecule has 1 aliphatic heterocycles. The highest BCUT2D eigenvalue weighted by molar-refractivity contribution is 5.96. The van der Waals surface area contributed by atoms with Crippen LogP contribution in [0.3, 0.4) is 0 Å². The largest absolute Gasteiger partial charge is 0.349 e. The molecule has 2 nitrogen and oxygen atoms in total. The van der Waals surface area contributed by atoms with Gasteiger partial charge in [0.1, 0.15) is 0 Å². The lowest BCUT2D eigenvalue weighted by Crippen LogP contribution is -2.41. The summed E-state index contributed by atoms with van der Waals surface area (Å²) in [7, 11) is 0. The standard InChI is InChI=1S/C15H21NO/c1-2-3-4-5-9-13-11-12-8-6-7-10-14(12)15(17)16-13/h6-8,10,13H,2-5,9,11H2,1H3,(H,16,17)/t13-/m1/s1. The zero-order valence-electron chi connectivity index (χ0n) is 10.5. The van der Waals surface area contributed by atoms with E-state index in [9.17, 15) is 4.79 Å². The Morgan fingerprint density at radius 2 is 2.06 bits per heavy atom. The molecule has 0 fully saturated rings. The Hall–Kier alpha value is -1.31. The van der Waals surface area contributed by atoms with Gasteiger partial charge in [-0.05, 0) is 24.5 Å². The van der Waals surface area contributed by atoms with E-state index in [4.69, 9.17) is 0 Å². The Labute approximate surface area is 103 Å². The molecule has 0 unspecified atom stereocenters. The maximum Gasteiger partial charge on any atom is 0.251 e. The van der Waals surface area contributed by atoms with E-state index in [0.29, 0.717) is 6.04 Å². The topological polar surface area (TPSA) is 29.1 Å². The van der Waals surface area contributed by atoms with E-state index in [1.807, 2.05) is 18.2 Å². The second kappa shape index (κ2) is 5.85. The molecule has 1 aliphatic rings. The van der Waals surface area contributed by atoms with Crippen molar-refractivity contribution in [3.8, 4) is 0 Å². The Morgan fingerprint density at radius 3 is 2.88 bits per heavy atom. The van der Waals surface area contributed by atoms with Crippen molar-refractivity contribution >= 4 is 5.91 Å². The summed E-state index contributed by atoms with van der Waals surface area (Å²) in [5.41, 5.74) is 2.06. The molecule has 1 heterocycles. The number of unbranched alkanes of at least 4 members (excludes halogenated alkanes) is 3. The fraction of sp³-hybridized carbons (Fsp3) is 0.533. The van der Waals surface area contributed by atoms with Crippen LogP contribution in [0.5, 0.6) is 0 Å². The summed E-state index contributed by atoms with van der Waals surface area (Å²) in [5.74, 6) is 0.104. The lowest BCUT2D eigenvalue weighted by atomic mass is 9.92. The first-order valence-corrected chi connectivity index (χ1v) is 6.70. The Balaban J connectivity index is 1.91. The minimum absolute atomic E-state index is 0.104. The van der Waals surface area contributed by atoms with E-state index in [1.165, 1.54) is 31.2 Å². The van der Waals surface area contributed by atoms with Crippen LogP contribution in [-0.4, -0.2) is 11.9 Å². The quantitative estimate of drug-likeness (QED) is 0.774. The summed E-state index contributed by atoms with van der Waals surface area (Å²) >= 11 is 0. The fourth-order valence-corrected chi connectivity index (χ4v) is 2.49. The Bertz CT molecular complexity index is 386. The molecule has 0 saturated heterocycles. The van der Waals surface area contributed by atoms with Gasteiger partial charge in [-0.25, -0.2) is 0 Å². The predicted octanol–water partition coefficient (Wildman–Crippen LogP) is 3.31. The summed E-state index contributed by atoms with van der Waals surface area (Å²) < 4.78 is 0. The van der Waals surface area contributed by atoms with Gasteiger partial charge in [-0.2, -0.15) is 0 Å². The van der Waals surface area contributed by atoms with Gasteiger partial charge < -0.3 is 5.32 Å². The van der Waals surface area contributed by atoms with Crippen LogP contribution in [0.4, 0.5) is 0 Å². The average Bonchev–Trinajstić information content (AvgIpc) is 2.35. The highest BCUT2D eigenvalue weighted by Crippen LogP contribution is 2.19. The van der Waals surface area contributed by atoms with Crippen molar-refractivity contribution in [3.63, 3.8) is 0 Å². The molecule has 1 aromatic rings. The first-order chi connectivity index (χ1) is 8.31. The molecule has 2 heteroatoms. The molecule has 1 aromatic carbocycles. The third kappa shape index (κ3) is 3.09. The summed E-state index contributed by atoms with van der Waals surface area (Å²) in [6.07, 6.45) is 7.18. The van der Waals surface area contributed by atoms with Gasteiger partial charge in [0.05, 0.1) is 0 Å². The number of fused-ring (bicyclic) bond motifs is 1. The number of rotatable bonds is 5. The molecule has 1 N–H and O–H groups in total. The number of carbonyl (C=O) groups is 1. The van der Waals surface area contributed by atoms with Crippen LogP contribution in [0.2, 0.25) is 0 Å². The van der Waals surface area contributed by atoms with Crippen LogP contribution in [0.15, 0.2) is 24.3 Å². The van der Waals surface area contributed by atoms with Gasteiger partial charge in [-0.3, -0.25) is 4.79 Å². The van der Waals surface area contributed by atoms with Gasteiger partial charge in [0.25, 0.3) is 5.91 Å². The minimum Gasteiger partial charge on any atom is -0.349 e. The van der Waals surface area contributed by atoms with E-state index in [1.54, 1.807) is 0 Å². The number of hydrogen-bond acceptors (Lipinski definition) is 1. The van der Waals surface area contributed by atoms with Gasteiger partial charge >= 0.3 is 0 Å². The summed E-state index contributed by atoms with van der Waals surface area (Å²) in [6, 6.07) is 8.28. The molecule has 0 aliphatic carbocycles. The highest BCUT2D eigenvalue weighted by Gasteiger charge is 2.22. The van der Waals surface area contributed by atoms with Gasteiger partial charge in [0.2, 0.25) is 0 Å². The second-order valence-electron chi connectivity index (χ2n) is 4.88. The van der Waals surface area contributed by atoms with E-state index < -0.39 is 0 Å². The van der Waals surface area contributed by atoms with Crippen LogP contribution >= 0.6 is 0 Å². The molecule has 0 aromatic heterocycles. The monoisotopic (exact) mass is 231 g/mol. The van der Waals surface area contributed by atoms with E-state index in [0.717, 1.165) is 18.4 Å². The highest BCUT2D eigenvalue weighted by atomic mass is 16.1. The average molecular weight is 231 g/mol. The Morgan fingerprint density at radius 1 is 1.24 bits per heavy atom. The molecular weight excluding hydrogens is 210 g/mol. The van der Waals surface area contributed by atoms with Crippen molar-refractivity contribution in [2.45, 2.75) is 51.5 Å². The maximum atomic E-state index is 11.9. The van der Waals surface area contributed by atoms with Crippen molar-refractivity contribution < 1.29 is 4.79 Å². The van der Waals surface area contributed by atoms with Gasteiger partial charge in [0.15, 0.2) is 0 Å². The van der Waals surface area contributed by atoms with Crippen LogP contribution in [0.1, 0.15) is 54.9 Å². The zero-order chi connectivity index (χ0) is 12.1. The molecule has 0 radical (unpaired) electrons. The minimum atomic E-state index is 0.104. The predicted molar refractivity (Wildman–Crippen MR) is 70.2 cm³/mol. The van der Waals surface area contributed by atoms with Crippen molar-refractivity contribution in [3.05, 3.63) is 35.4 Å². The molecule has 2 rings (SSSR count). The molecule has 0 bridgehead atoms. The molecule has 17 heavy (non-hydrogen) atoms. The molecule has 0 saturated carbocycles. The fourth-order valence-electron chi connectivity index (χ4n) is 2.49. The second-order valence-corrected chi connectivity index (χ2v) is 4.88. The van der Waals surface area contributed by atoms with Crippen LogP contribution < -0.4 is 5.32 Å². The molecule has 1 amide bonds. The van der Waals surface area contributed by atoms with Crippen molar-refractivity contribution in [2.75, 3.05) is 0 Å². The summed E-state index contributed by atoms with van der Waals surface area (Å²) in [4.78, 5) is 11.9. The number of hydrogen-bond donors (Lipinski definition) is 1. The third-order valence-corrected chi connectivity index (χ3v) is 3.47. The molecule has 1 atom stereocenters. The van der Waals surface area contributed by atoms with Crippen LogP contribution in [0, 0.1) is 0 Å². The van der Waals surface area contributed by atoms with Gasteiger partial charge in [-0.15, -0.1) is 0 Å². The van der Waals surface area contributed by atoms with Gasteiger partial charge in [0, 0.05) is 11.6 Å². The SMILES string of the molecule is CCCCCC[C@@H]1Cc2ccccc2C(=O)N1. The van der Waals surface area contributed by atoms with Crippen molar-refractivity contribution in [1.29, 1.82) is 0 Å². The molecular formula is C15H21NO. The number of amides is 1. The van der Waals surface area contributed by atoms with Crippen molar-refractivity contribution in [2.24, 2.45) is 0 Å². The van der Waals surface area contributed by atoms with Crippen molar-refractivity contribution in [1.82, 2.24) is 5.32 Å². The van der Waals surface area contributed by atoms with Crippen LogP contribution in [0.25, 0.3) is 0 Å². The number of benzene rings is 1. The maximum absolute atomic E-state index is 11.9. The first-order valence-electron chi connectivity index (χ1n) is 6.70.